The van der Waals surface area contributed by atoms with Gasteiger partial charge in [0.05, 0.1) is 0 Å². The van der Waals surface area contributed by atoms with E-state index in [1.54, 1.807) is 0 Å². The molecule has 2 heteroatoms. The van der Waals surface area contributed by atoms with E-state index in [0.29, 0.717) is 6.04 Å². The van der Waals surface area contributed by atoms with Crippen molar-refractivity contribution in [1.82, 2.24) is 5.32 Å². The van der Waals surface area contributed by atoms with E-state index in [0.717, 1.165) is 25.3 Å². The maximum absolute atomic E-state index is 5.70. The van der Waals surface area contributed by atoms with E-state index in [4.69, 9.17) is 4.74 Å². The van der Waals surface area contributed by atoms with Crippen LogP contribution in [0, 0.1) is 0 Å². The predicted molar refractivity (Wildman–Crippen MR) is 57.6 cm³/mol. The SMILES string of the molecule is CCc1ccc2c(c1)CNC(C)CO2. The molecule has 0 fully saturated rings. The molecule has 2 rings (SSSR count). The second-order valence-corrected chi connectivity index (χ2v) is 3.89. The number of hydrogen-bond acceptors (Lipinski definition) is 2. The summed E-state index contributed by atoms with van der Waals surface area (Å²) >= 11 is 0. The van der Waals surface area contributed by atoms with Crippen molar-refractivity contribution >= 4 is 0 Å². The topological polar surface area (TPSA) is 21.3 Å². The van der Waals surface area contributed by atoms with Crippen LogP contribution in [0.3, 0.4) is 0 Å². The molecule has 1 heterocycles. The van der Waals surface area contributed by atoms with Gasteiger partial charge in [-0.1, -0.05) is 19.1 Å². The number of fused-ring (bicyclic) bond motifs is 1. The molecular formula is C12H17NO. The first-order chi connectivity index (χ1) is 6.79. The summed E-state index contributed by atoms with van der Waals surface area (Å²) in [6.07, 6.45) is 1.09. The first-order valence-corrected chi connectivity index (χ1v) is 5.27. The van der Waals surface area contributed by atoms with E-state index in [1.807, 2.05) is 0 Å². The third-order valence-electron chi connectivity index (χ3n) is 2.66. The van der Waals surface area contributed by atoms with E-state index in [9.17, 15) is 0 Å². The van der Waals surface area contributed by atoms with Crippen LogP contribution in [0.1, 0.15) is 25.0 Å². The summed E-state index contributed by atoms with van der Waals surface area (Å²) in [5.41, 5.74) is 2.66. The molecule has 2 nitrogen and oxygen atoms in total. The van der Waals surface area contributed by atoms with E-state index in [1.165, 1.54) is 11.1 Å². The highest BCUT2D eigenvalue weighted by atomic mass is 16.5. The van der Waals surface area contributed by atoms with Crippen molar-refractivity contribution < 1.29 is 4.74 Å². The highest BCUT2D eigenvalue weighted by molar-refractivity contribution is 5.37. The van der Waals surface area contributed by atoms with Crippen LogP contribution in [0.15, 0.2) is 18.2 Å². The molecule has 0 spiro atoms. The van der Waals surface area contributed by atoms with Gasteiger partial charge in [-0.3, -0.25) is 0 Å². The number of nitrogens with one attached hydrogen (secondary N) is 1. The van der Waals surface area contributed by atoms with Gasteiger partial charge in [0.25, 0.3) is 0 Å². The van der Waals surface area contributed by atoms with E-state index < -0.39 is 0 Å². The van der Waals surface area contributed by atoms with Crippen molar-refractivity contribution in [3.8, 4) is 5.75 Å². The number of benzene rings is 1. The Kier molecular flexibility index (Phi) is 2.73. The van der Waals surface area contributed by atoms with Gasteiger partial charge in [-0.2, -0.15) is 0 Å². The number of aryl methyl sites for hydroxylation is 1. The normalized spacial score (nSPS) is 20.9. The van der Waals surface area contributed by atoms with Gasteiger partial charge in [0.1, 0.15) is 12.4 Å². The molecule has 1 aliphatic rings. The van der Waals surface area contributed by atoms with Gasteiger partial charge in [0.15, 0.2) is 0 Å². The molecule has 1 aliphatic heterocycles. The molecule has 76 valence electrons. The van der Waals surface area contributed by atoms with E-state index >= 15 is 0 Å². The standard InChI is InChI=1S/C12H17NO/c1-3-10-4-5-12-11(6-10)7-13-9(2)8-14-12/h4-6,9,13H,3,7-8H2,1-2H3. The van der Waals surface area contributed by atoms with Crippen LogP contribution in [-0.4, -0.2) is 12.6 Å². The summed E-state index contributed by atoms with van der Waals surface area (Å²) in [5, 5.41) is 3.43. The zero-order chi connectivity index (χ0) is 9.97. The van der Waals surface area contributed by atoms with Crippen molar-refractivity contribution in [2.75, 3.05) is 6.61 Å². The molecule has 14 heavy (non-hydrogen) atoms. The predicted octanol–water partition coefficient (Wildman–Crippen LogP) is 2.12. The summed E-state index contributed by atoms with van der Waals surface area (Å²) in [4.78, 5) is 0. The van der Waals surface area contributed by atoms with Gasteiger partial charge < -0.3 is 10.1 Å². The Hall–Kier alpha value is -1.02. The third kappa shape index (κ3) is 1.90. The molecule has 0 amide bonds. The van der Waals surface area contributed by atoms with Crippen molar-refractivity contribution in [3.05, 3.63) is 29.3 Å². The molecule has 0 saturated heterocycles. The minimum atomic E-state index is 0.437. The second kappa shape index (κ2) is 4.01. The van der Waals surface area contributed by atoms with Crippen LogP contribution in [0.4, 0.5) is 0 Å². The molecule has 0 aliphatic carbocycles. The molecule has 1 unspecified atom stereocenters. The Morgan fingerprint density at radius 2 is 2.36 bits per heavy atom. The van der Waals surface area contributed by atoms with Gasteiger partial charge in [-0.15, -0.1) is 0 Å². The van der Waals surface area contributed by atoms with Crippen molar-refractivity contribution in [1.29, 1.82) is 0 Å². The molecule has 1 aromatic carbocycles. The molecule has 1 atom stereocenters. The Morgan fingerprint density at radius 1 is 1.50 bits per heavy atom. The second-order valence-electron chi connectivity index (χ2n) is 3.89. The van der Waals surface area contributed by atoms with Crippen LogP contribution in [0.5, 0.6) is 5.75 Å². The first kappa shape index (κ1) is 9.53. The Balaban J connectivity index is 2.27. The van der Waals surface area contributed by atoms with Gasteiger partial charge >= 0.3 is 0 Å². The molecule has 0 radical (unpaired) electrons. The summed E-state index contributed by atoms with van der Waals surface area (Å²) in [6, 6.07) is 6.91. The molecule has 0 bridgehead atoms. The Bertz CT molecular complexity index is 322. The fourth-order valence-electron chi connectivity index (χ4n) is 1.69. The van der Waals surface area contributed by atoms with Crippen LogP contribution in [0.2, 0.25) is 0 Å². The lowest BCUT2D eigenvalue weighted by molar-refractivity contribution is 0.287. The average molecular weight is 191 g/mol. The van der Waals surface area contributed by atoms with Crippen LogP contribution in [-0.2, 0) is 13.0 Å². The largest absolute Gasteiger partial charge is 0.492 e. The van der Waals surface area contributed by atoms with Crippen molar-refractivity contribution in [3.63, 3.8) is 0 Å². The molecule has 0 saturated carbocycles. The zero-order valence-corrected chi connectivity index (χ0v) is 8.84. The first-order valence-electron chi connectivity index (χ1n) is 5.27. The minimum Gasteiger partial charge on any atom is -0.492 e. The van der Waals surface area contributed by atoms with Crippen molar-refractivity contribution in [2.45, 2.75) is 32.9 Å². The number of hydrogen-bond donors (Lipinski definition) is 1. The van der Waals surface area contributed by atoms with Crippen LogP contribution in [0.25, 0.3) is 0 Å². The molecule has 1 aromatic rings. The summed E-state index contributed by atoms with van der Waals surface area (Å²) in [6.45, 7) is 6.00. The fraction of sp³-hybridized carbons (Fsp3) is 0.500. The van der Waals surface area contributed by atoms with Gasteiger partial charge in [-0.05, 0) is 25.0 Å². The lowest BCUT2D eigenvalue weighted by Crippen LogP contribution is -2.28. The highest BCUT2D eigenvalue weighted by Gasteiger charge is 2.12. The minimum absolute atomic E-state index is 0.437. The quantitative estimate of drug-likeness (QED) is 0.734. The maximum Gasteiger partial charge on any atom is 0.123 e. The zero-order valence-electron chi connectivity index (χ0n) is 8.84. The smallest absolute Gasteiger partial charge is 0.123 e. The molecular weight excluding hydrogens is 174 g/mol. The average Bonchev–Trinajstić information content (AvgIpc) is 2.40. The summed E-state index contributed by atoms with van der Waals surface area (Å²) in [5.74, 6) is 1.04. The van der Waals surface area contributed by atoms with Gasteiger partial charge in [0.2, 0.25) is 0 Å². The van der Waals surface area contributed by atoms with Gasteiger partial charge in [0, 0.05) is 18.2 Å². The summed E-state index contributed by atoms with van der Waals surface area (Å²) < 4.78 is 5.70. The lowest BCUT2D eigenvalue weighted by Gasteiger charge is -2.08. The molecule has 1 N–H and O–H groups in total. The van der Waals surface area contributed by atoms with E-state index in [2.05, 4.69) is 37.4 Å². The Labute approximate surface area is 85.3 Å². The number of rotatable bonds is 1. The highest BCUT2D eigenvalue weighted by Crippen LogP contribution is 2.22. The number of ether oxygens (including phenoxy) is 1. The molecule has 0 aromatic heterocycles. The lowest BCUT2D eigenvalue weighted by atomic mass is 10.1. The van der Waals surface area contributed by atoms with Gasteiger partial charge in [-0.25, -0.2) is 0 Å². The Morgan fingerprint density at radius 3 is 3.14 bits per heavy atom. The summed E-state index contributed by atoms with van der Waals surface area (Å²) in [7, 11) is 0. The van der Waals surface area contributed by atoms with Crippen LogP contribution >= 0.6 is 0 Å². The van der Waals surface area contributed by atoms with Crippen LogP contribution < -0.4 is 10.1 Å². The van der Waals surface area contributed by atoms with E-state index in [-0.39, 0.29) is 0 Å². The maximum atomic E-state index is 5.70. The fourth-order valence-corrected chi connectivity index (χ4v) is 1.69. The monoisotopic (exact) mass is 191 g/mol. The van der Waals surface area contributed by atoms with Crippen molar-refractivity contribution in [2.24, 2.45) is 0 Å². The third-order valence-corrected chi connectivity index (χ3v) is 2.66.